The highest BCUT2D eigenvalue weighted by molar-refractivity contribution is 6.32. The number of aromatic nitrogens is 3. The zero-order chi connectivity index (χ0) is 6.97. The van der Waals surface area contributed by atoms with Crippen molar-refractivity contribution >= 4 is 19.0 Å². The van der Waals surface area contributed by atoms with E-state index < -0.39 is 0 Å². The molecule has 0 spiro atoms. The maximum absolute atomic E-state index is 5.50. The maximum atomic E-state index is 5.50. The molecule has 0 bridgehead atoms. The Hall–Kier alpha value is -1.32. The van der Waals surface area contributed by atoms with Crippen LogP contribution >= 0.6 is 0 Å². The van der Waals surface area contributed by atoms with Crippen molar-refractivity contribution in [2.75, 3.05) is 0 Å². The molecule has 0 atom stereocenters. The van der Waals surface area contributed by atoms with Crippen LogP contribution in [0.1, 0.15) is 0 Å². The first-order chi connectivity index (χ1) is 4.86. The molecule has 0 amide bonds. The fourth-order valence-corrected chi connectivity index (χ4v) is 0.831. The van der Waals surface area contributed by atoms with Gasteiger partial charge in [-0.25, -0.2) is 9.50 Å². The van der Waals surface area contributed by atoms with Gasteiger partial charge in [-0.1, -0.05) is 11.5 Å². The molecule has 4 heteroatoms. The number of fused-ring (bicyclic) bond motifs is 1. The first-order valence-electron chi connectivity index (χ1n) is 2.91. The summed E-state index contributed by atoms with van der Waals surface area (Å²) >= 11 is 0. The molecule has 0 unspecified atom stereocenters. The summed E-state index contributed by atoms with van der Waals surface area (Å²) in [6.07, 6.45) is 3.27. The summed E-state index contributed by atoms with van der Waals surface area (Å²) in [6, 6.07) is 3.55. The third-order valence-electron chi connectivity index (χ3n) is 1.30. The highest BCUT2D eigenvalue weighted by atomic mass is 15.3. The second-order valence-corrected chi connectivity index (χ2v) is 2.02. The Kier molecular flexibility index (Phi) is 1.00. The highest BCUT2D eigenvalue weighted by Crippen LogP contribution is 1.91. The minimum Gasteiger partial charge on any atom is -0.221 e. The van der Waals surface area contributed by atoms with Gasteiger partial charge in [0, 0.05) is 6.20 Å². The van der Waals surface area contributed by atoms with Crippen LogP contribution in [0, 0.1) is 0 Å². The van der Waals surface area contributed by atoms with Crippen LogP contribution in [-0.2, 0) is 0 Å². The SMILES string of the molecule is [B]c1ccn2ncnc2c1. The molecule has 0 N–H and O–H groups in total. The Morgan fingerprint density at radius 2 is 2.40 bits per heavy atom. The van der Waals surface area contributed by atoms with Crippen LogP contribution in [0.15, 0.2) is 24.7 Å². The van der Waals surface area contributed by atoms with E-state index in [1.807, 2.05) is 0 Å². The van der Waals surface area contributed by atoms with Crippen molar-refractivity contribution in [3.8, 4) is 0 Å². The molecule has 3 nitrogen and oxygen atoms in total. The minimum atomic E-state index is 0.709. The van der Waals surface area contributed by atoms with Gasteiger partial charge in [-0.3, -0.25) is 0 Å². The van der Waals surface area contributed by atoms with Gasteiger partial charge in [-0.15, -0.1) is 0 Å². The normalized spacial score (nSPS) is 10.4. The van der Waals surface area contributed by atoms with E-state index in [1.54, 1.807) is 22.8 Å². The topological polar surface area (TPSA) is 30.2 Å². The smallest absolute Gasteiger partial charge is 0.154 e. The lowest BCUT2D eigenvalue weighted by Crippen LogP contribution is -2.02. The predicted octanol–water partition coefficient (Wildman–Crippen LogP) is -0.477. The fraction of sp³-hybridized carbons (Fsp3) is 0. The van der Waals surface area contributed by atoms with Crippen molar-refractivity contribution in [3.05, 3.63) is 24.7 Å². The molecule has 2 aromatic rings. The maximum Gasteiger partial charge on any atom is 0.154 e. The van der Waals surface area contributed by atoms with Crippen molar-refractivity contribution in [1.29, 1.82) is 0 Å². The lowest BCUT2D eigenvalue weighted by molar-refractivity contribution is 0.963. The molecule has 46 valence electrons. The quantitative estimate of drug-likeness (QED) is 0.450. The van der Waals surface area contributed by atoms with Crippen LogP contribution in [0.25, 0.3) is 5.65 Å². The van der Waals surface area contributed by atoms with Gasteiger partial charge in [0.05, 0.1) is 0 Å². The summed E-state index contributed by atoms with van der Waals surface area (Å²) in [7, 11) is 5.50. The average molecular weight is 129 g/mol. The lowest BCUT2D eigenvalue weighted by Gasteiger charge is -1.91. The van der Waals surface area contributed by atoms with Crippen LogP contribution in [0.3, 0.4) is 0 Å². The van der Waals surface area contributed by atoms with Crippen molar-refractivity contribution in [1.82, 2.24) is 14.6 Å². The van der Waals surface area contributed by atoms with Gasteiger partial charge in [0.1, 0.15) is 14.2 Å². The molecule has 0 aliphatic heterocycles. The molecular weight excluding hydrogens is 125 g/mol. The molecule has 10 heavy (non-hydrogen) atoms. The lowest BCUT2D eigenvalue weighted by atomic mass is 9.98. The van der Waals surface area contributed by atoms with Crippen molar-refractivity contribution in [2.24, 2.45) is 0 Å². The molecular formula is C6H4BN3. The Morgan fingerprint density at radius 1 is 1.50 bits per heavy atom. The van der Waals surface area contributed by atoms with E-state index in [0.29, 0.717) is 5.46 Å². The standard InChI is InChI=1S/C6H4BN3/c7-5-1-2-10-6(3-5)8-4-9-10/h1-4H. The largest absolute Gasteiger partial charge is 0.221 e. The summed E-state index contributed by atoms with van der Waals surface area (Å²) in [6.45, 7) is 0. The molecule has 0 aromatic carbocycles. The Morgan fingerprint density at radius 3 is 3.30 bits per heavy atom. The first kappa shape index (κ1) is 5.47. The van der Waals surface area contributed by atoms with Crippen LogP contribution in [0.4, 0.5) is 0 Å². The second kappa shape index (κ2) is 1.83. The van der Waals surface area contributed by atoms with Gasteiger partial charge in [0.25, 0.3) is 0 Å². The molecule has 0 saturated carbocycles. The Balaban J connectivity index is 2.86. The molecule has 0 aliphatic carbocycles. The van der Waals surface area contributed by atoms with E-state index in [1.165, 1.54) is 6.33 Å². The average Bonchev–Trinajstić information content (AvgIpc) is 2.33. The molecule has 2 aromatic heterocycles. The van der Waals surface area contributed by atoms with E-state index in [4.69, 9.17) is 7.85 Å². The first-order valence-corrected chi connectivity index (χ1v) is 2.91. The monoisotopic (exact) mass is 129 g/mol. The van der Waals surface area contributed by atoms with Gasteiger partial charge in [-0.05, 0) is 6.07 Å². The van der Waals surface area contributed by atoms with Gasteiger partial charge in [0.15, 0.2) is 5.65 Å². The predicted molar refractivity (Wildman–Crippen MR) is 38.4 cm³/mol. The Labute approximate surface area is 59.1 Å². The zero-order valence-electron chi connectivity index (χ0n) is 5.23. The van der Waals surface area contributed by atoms with Crippen LogP contribution in [-0.4, -0.2) is 22.4 Å². The van der Waals surface area contributed by atoms with Crippen molar-refractivity contribution in [2.45, 2.75) is 0 Å². The van der Waals surface area contributed by atoms with Gasteiger partial charge >= 0.3 is 0 Å². The Bertz CT molecular complexity index is 355. The fourth-order valence-electron chi connectivity index (χ4n) is 0.831. The summed E-state index contributed by atoms with van der Waals surface area (Å²) in [5, 5.41) is 3.91. The van der Waals surface area contributed by atoms with Crippen LogP contribution in [0.5, 0.6) is 0 Å². The summed E-state index contributed by atoms with van der Waals surface area (Å²) in [5.74, 6) is 0. The zero-order valence-corrected chi connectivity index (χ0v) is 5.23. The molecule has 2 rings (SSSR count). The summed E-state index contributed by atoms with van der Waals surface area (Å²) in [5.41, 5.74) is 1.49. The van der Waals surface area contributed by atoms with E-state index >= 15 is 0 Å². The van der Waals surface area contributed by atoms with Crippen LogP contribution < -0.4 is 5.46 Å². The number of hydrogen-bond acceptors (Lipinski definition) is 2. The van der Waals surface area contributed by atoms with E-state index in [2.05, 4.69) is 10.1 Å². The molecule has 0 aliphatic rings. The summed E-state index contributed by atoms with van der Waals surface area (Å²) < 4.78 is 1.66. The molecule has 2 radical (unpaired) electrons. The van der Waals surface area contributed by atoms with E-state index in [9.17, 15) is 0 Å². The molecule has 0 saturated heterocycles. The van der Waals surface area contributed by atoms with Gasteiger partial charge < -0.3 is 0 Å². The number of rotatable bonds is 0. The second-order valence-electron chi connectivity index (χ2n) is 2.02. The third kappa shape index (κ3) is 0.691. The molecule has 2 heterocycles. The third-order valence-corrected chi connectivity index (χ3v) is 1.30. The number of hydrogen-bond donors (Lipinski definition) is 0. The van der Waals surface area contributed by atoms with Crippen molar-refractivity contribution < 1.29 is 0 Å². The van der Waals surface area contributed by atoms with Crippen molar-refractivity contribution in [3.63, 3.8) is 0 Å². The van der Waals surface area contributed by atoms with E-state index in [-0.39, 0.29) is 0 Å². The van der Waals surface area contributed by atoms with Gasteiger partial charge in [-0.2, -0.15) is 5.10 Å². The summed E-state index contributed by atoms with van der Waals surface area (Å²) in [4.78, 5) is 3.95. The minimum absolute atomic E-state index is 0.709. The number of nitrogens with zero attached hydrogens (tertiary/aromatic N) is 3. The van der Waals surface area contributed by atoms with E-state index in [0.717, 1.165) is 5.65 Å². The van der Waals surface area contributed by atoms with Gasteiger partial charge in [0.2, 0.25) is 0 Å². The van der Waals surface area contributed by atoms with Crippen LogP contribution in [0.2, 0.25) is 0 Å². The highest BCUT2D eigenvalue weighted by Gasteiger charge is 1.91. The number of pyridine rings is 1. The molecule has 0 fully saturated rings.